The lowest BCUT2D eigenvalue weighted by Crippen LogP contribution is -2.41. The number of carbonyl (C=O) groups is 2. The number of nitrogens with zero attached hydrogens (tertiary/aromatic N) is 3. The van der Waals surface area contributed by atoms with Crippen LogP contribution in [0, 0.1) is 0 Å². The van der Waals surface area contributed by atoms with Gasteiger partial charge in [-0.3, -0.25) is 4.79 Å². The van der Waals surface area contributed by atoms with Crippen molar-refractivity contribution < 1.29 is 19.1 Å². The van der Waals surface area contributed by atoms with Crippen molar-refractivity contribution in [2.24, 2.45) is 0 Å². The fourth-order valence-electron chi connectivity index (χ4n) is 1.57. The number of esters is 1. The summed E-state index contributed by atoms with van der Waals surface area (Å²) in [7, 11) is 1.27. The molecule has 1 aliphatic heterocycles. The Morgan fingerprint density at radius 1 is 1.28 bits per heavy atom. The highest BCUT2D eigenvalue weighted by molar-refractivity contribution is 5.92. The smallest absolute Gasteiger partial charge is 0.341 e. The number of methoxy groups -OCH3 is 1. The Morgan fingerprint density at radius 2 is 1.89 bits per heavy atom. The van der Waals surface area contributed by atoms with Gasteiger partial charge >= 0.3 is 5.97 Å². The zero-order valence-electron chi connectivity index (χ0n) is 9.96. The van der Waals surface area contributed by atoms with Gasteiger partial charge in [0.25, 0.3) is 5.91 Å². The van der Waals surface area contributed by atoms with Crippen LogP contribution >= 0.6 is 0 Å². The minimum absolute atomic E-state index is 0.0737. The summed E-state index contributed by atoms with van der Waals surface area (Å²) >= 11 is 0. The van der Waals surface area contributed by atoms with Gasteiger partial charge in [0.1, 0.15) is 0 Å². The first-order chi connectivity index (χ1) is 8.72. The monoisotopic (exact) mass is 251 g/mol. The Morgan fingerprint density at radius 3 is 2.44 bits per heavy atom. The molecule has 0 saturated carbocycles. The molecule has 1 amide bonds. The van der Waals surface area contributed by atoms with E-state index >= 15 is 0 Å². The highest BCUT2D eigenvalue weighted by Crippen LogP contribution is 2.04. The number of rotatable bonds is 2. The van der Waals surface area contributed by atoms with E-state index in [1.165, 1.54) is 19.5 Å². The molecule has 1 fully saturated rings. The summed E-state index contributed by atoms with van der Waals surface area (Å²) in [5.41, 5.74) is 0.219. The molecule has 7 heteroatoms. The Balaban J connectivity index is 2.08. The van der Waals surface area contributed by atoms with Gasteiger partial charge in [0.15, 0.2) is 0 Å². The van der Waals surface area contributed by atoms with Crippen LogP contribution in [-0.4, -0.2) is 60.2 Å². The molecular weight excluding hydrogens is 238 g/mol. The predicted octanol–water partition coefficient (Wildman–Crippen LogP) is -0.264. The van der Waals surface area contributed by atoms with Crippen LogP contribution in [0.5, 0.6) is 0 Å². The standard InChI is InChI=1S/C11H13N3O4/c1-17-11(16)8-6-12-9(13-7-8)10(15)14-2-4-18-5-3-14/h6-7H,2-5H2,1H3. The average molecular weight is 251 g/mol. The van der Waals surface area contributed by atoms with Crippen LogP contribution in [0.3, 0.4) is 0 Å². The molecule has 0 atom stereocenters. The number of carbonyl (C=O) groups excluding carboxylic acids is 2. The second kappa shape index (κ2) is 5.54. The van der Waals surface area contributed by atoms with Crippen LogP contribution in [-0.2, 0) is 9.47 Å². The third-order valence-electron chi connectivity index (χ3n) is 2.56. The minimum Gasteiger partial charge on any atom is -0.465 e. The predicted molar refractivity (Wildman–Crippen MR) is 60.1 cm³/mol. The number of hydrogen-bond donors (Lipinski definition) is 0. The number of aromatic nitrogens is 2. The van der Waals surface area contributed by atoms with Crippen LogP contribution in [0.25, 0.3) is 0 Å². The summed E-state index contributed by atoms with van der Waals surface area (Å²) in [5.74, 6) is -0.709. The van der Waals surface area contributed by atoms with Crippen LogP contribution in [0.15, 0.2) is 12.4 Å². The average Bonchev–Trinajstić information content (AvgIpc) is 2.47. The maximum Gasteiger partial charge on any atom is 0.341 e. The number of hydrogen-bond acceptors (Lipinski definition) is 6. The molecule has 0 N–H and O–H groups in total. The molecule has 0 aromatic carbocycles. The van der Waals surface area contributed by atoms with Crippen molar-refractivity contribution in [1.82, 2.24) is 14.9 Å². The summed E-state index contributed by atoms with van der Waals surface area (Å²) in [6.07, 6.45) is 2.57. The molecule has 1 aliphatic rings. The molecule has 2 heterocycles. The van der Waals surface area contributed by atoms with Crippen molar-refractivity contribution in [3.05, 3.63) is 23.8 Å². The molecule has 1 saturated heterocycles. The van der Waals surface area contributed by atoms with Crippen molar-refractivity contribution in [2.45, 2.75) is 0 Å². The van der Waals surface area contributed by atoms with E-state index in [-0.39, 0.29) is 17.3 Å². The Hall–Kier alpha value is -2.02. The summed E-state index contributed by atoms with van der Waals surface area (Å²) in [6, 6.07) is 0. The lowest BCUT2D eigenvalue weighted by Gasteiger charge is -2.25. The molecule has 2 rings (SSSR count). The highest BCUT2D eigenvalue weighted by Gasteiger charge is 2.21. The fourth-order valence-corrected chi connectivity index (χ4v) is 1.57. The lowest BCUT2D eigenvalue weighted by atomic mass is 10.3. The van der Waals surface area contributed by atoms with Crippen molar-refractivity contribution in [1.29, 1.82) is 0 Å². The fraction of sp³-hybridized carbons (Fsp3) is 0.455. The van der Waals surface area contributed by atoms with Gasteiger partial charge in [-0.15, -0.1) is 0 Å². The van der Waals surface area contributed by atoms with E-state index in [9.17, 15) is 9.59 Å². The number of amides is 1. The van der Waals surface area contributed by atoms with Gasteiger partial charge < -0.3 is 14.4 Å². The first-order valence-electron chi connectivity index (χ1n) is 5.49. The molecule has 0 aliphatic carbocycles. The first kappa shape index (κ1) is 12.4. The third kappa shape index (κ3) is 2.62. The summed E-state index contributed by atoms with van der Waals surface area (Å²) < 4.78 is 9.68. The van der Waals surface area contributed by atoms with E-state index in [0.717, 1.165) is 0 Å². The van der Waals surface area contributed by atoms with E-state index in [4.69, 9.17) is 4.74 Å². The lowest BCUT2D eigenvalue weighted by molar-refractivity contribution is 0.0294. The maximum atomic E-state index is 12.0. The van der Waals surface area contributed by atoms with Crippen molar-refractivity contribution in [3.63, 3.8) is 0 Å². The van der Waals surface area contributed by atoms with E-state index in [0.29, 0.717) is 26.3 Å². The quantitative estimate of drug-likeness (QED) is 0.673. The van der Waals surface area contributed by atoms with Crippen LogP contribution in [0.4, 0.5) is 0 Å². The molecule has 18 heavy (non-hydrogen) atoms. The minimum atomic E-state index is -0.527. The molecule has 7 nitrogen and oxygen atoms in total. The van der Waals surface area contributed by atoms with Gasteiger partial charge in [0.2, 0.25) is 5.82 Å². The number of morpholine rings is 1. The van der Waals surface area contributed by atoms with Gasteiger partial charge in [-0.2, -0.15) is 0 Å². The third-order valence-corrected chi connectivity index (χ3v) is 2.56. The van der Waals surface area contributed by atoms with E-state index < -0.39 is 5.97 Å². The highest BCUT2D eigenvalue weighted by atomic mass is 16.5. The topological polar surface area (TPSA) is 81.6 Å². The van der Waals surface area contributed by atoms with E-state index in [1.54, 1.807) is 4.90 Å². The number of ether oxygens (including phenoxy) is 2. The summed E-state index contributed by atoms with van der Waals surface area (Å²) in [4.78, 5) is 32.5. The zero-order chi connectivity index (χ0) is 13.0. The summed E-state index contributed by atoms with van der Waals surface area (Å²) in [6.45, 7) is 2.10. The summed E-state index contributed by atoms with van der Waals surface area (Å²) in [5, 5.41) is 0. The molecule has 0 bridgehead atoms. The van der Waals surface area contributed by atoms with Gasteiger partial charge in [-0.1, -0.05) is 0 Å². The maximum absolute atomic E-state index is 12.0. The molecule has 1 aromatic heterocycles. The van der Waals surface area contributed by atoms with Crippen molar-refractivity contribution >= 4 is 11.9 Å². The molecule has 1 aromatic rings. The van der Waals surface area contributed by atoms with Gasteiger partial charge in [-0.05, 0) is 0 Å². The Labute approximate surface area is 104 Å². The SMILES string of the molecule is COC(=O)c1cnc(C(=O)N2CCOCC2)nc1. The molecular formula is C11H13N3O4. The Bertz CT molecular complexity index is 440. The normalized spacial score (nSPS) is 15.3. The zero-order valence-corrected chi connectivity index (χ0v) is 9.96. The van der Waals surface area contributed by atoms with E-state index in [1.807, 2.05) is 0 Å². The molecule has 0 radical (unpaired) electrons. The van der Waals surface area contributed by atoms with Crippen molar-refractivity contribution in [3.8, 4) is 0 Å². The van der Waals surface area contributed by atoms with Crippen molar-refractivity contribution in [2.75, 3.05) is 33.4 Å². The second-order valence-electron chi connectivity index (χ2n) is 3.69. The molecule has 0 unspecified atom stereocenters. The van der Waals surface area contributed by atoms with Gasteiger partial charge in [0.05, 0.1) is 25.9 Å². The second-order valence-corrected chi connectivity index (χ2v) is 3.69. The van der Waals surface area contributed by atoms with Crippen LogP contribution < -0.4 is 0 Å². The van der Waals surface area contributed by atoms with E-state index in [2.05, 4.69) is 14.7 Å². The van der Waals surface area contributed by atoms with Crippen LogP contribution in [0.2, 0.25) is 0 Å². The Kier molecular flexibility index (Phi) is 3.83. The van der Waals surface area contributed by atoms with Crippen LogP contribution in [0.1, 0.15) is 21.0 Å². The van der Waals surface area contributed by atoms with Gasteiger partial charge in [-0.25, -0.2) is 14.8 Å². The molecule has 0 spiro atoms. The molecule has 96 valence electrons. The van der Waals surface area contributed by atoms with Gasteiger partial charge in [0, 0.05) is 25.5 Å². The first-order valence-corrected chi connectivity index (χ1v) is 5.49. The largest absolute Gasteiger partial charge is 0.465 e.